The molecular formula is C23H19N7O3. The molecule has 0 radical (unpaired) electrons. The molecule has 1 aliphatic rings. The van der Waals surface area contributed by atoms with Gasteiger partial charge in [0, 0.05) is 11.3 Å². The Labute approximate surface area is 188 Å². The Kier molecular flexibility index (Phi) is 4.82. The lowest BCUT2D eigenvalue weighted by molar-refractivity contribution is -0.133. The normalized spacial score (nSPS) is 17.9. The molecule has 1 fully saturated rings. The molecule has 0 bridgehead atoms. The summed E-state index contributed by atoms with van der Waals surface area (Å²) in [6.07, 6.45) is 0. The van der Waals surface area contributed by atoms with E-state index < -0.39 is 29.9 Å². The number of urea groups is 1. The molecule has 1 aliphatic heterocycles. The molecular weight excluding hydrogens is 422 g/mol. The van der Waals surface area contributed by atoms with Gasteiger partial charge in [-0.1, -0.05) is 48.5 Å². The van der Waals surface area contributed by atoms with Gasteiger partial charge in [-0.25, -0.2) is 4.79 Å². The molecule has 1 saturated heterocycles. The molecule has 10 nitrogen and oxygen atoms in total. The number of amides is 4. The Hall–Kier alpha value is -4.60. The molecule has 5 rings (SSSR count). The van der Waals surface area contributed by atoms with E-state index >= 15 is 0 Å². The zero-order chi connectivity index (χ0) is 23.0. The van der Waals surface area contributed by atoms with Crippen LogP contribution in [0.5, 0.6) is 0 Å². The Morgan fingerprint density at radius 1 is 1.03 bits per heavy atom. The van der Waals surface area contributed by atoms with Gasteiger partial charge in [-0.3, -0.25) is 14.5 Å². The molecule has 10 heteroatoms. The fraction of sp³-hybridized carbons (Fsp3) is 0.130. The van der Waals surface area contributed by atoms with Crippen molar-refractivity contribution in [1.82, 2.24) is 30.8 Å². The number of fused-ring (bicyclic) bond motifs is 1. The molecule has 0 saturated carbocycles. The van der Waals surface area contributed by atoms with Crippen molar-refractivity contribution in [2.24, 2.45) is 0 Å². The van der Waals surface area contributed by atoms with Crippen LogP contribution in [0, 0.1) is 0 Å². The fourth-order valence-corrected chi connectivity index (χ4v) is 3.90. The number of aromatic nitrogens is 4. The van der Waals surface area contributed by atoms with Crippen molar-refractivity contribution < 1.29 is 14.4 Å². The van der Waals surface area contributed by atoms with Gasteiger partial charge in [0.1, 0.15) is 12.1 Å². The first-order valence-electron chi connectivity index (χ1n) is 10.2. The van der Waals surface area contributed by atoms with Gasteiger partial charge < -0.3 is 10.6 Å². The van der Waals surface area contributed by atoms with Crippen LogP contribution in [0.25, 0.3) is 22.2 Å². The van der Waals surface area contributed by atoms with Crippen LogP contribution in [0.1, 0.15) is 12.5 Å². The van der Waals surface area contributed by atoms with Crippen molar-refractivity contribution in [2.75, 3.05) is 11.9 Å². The lowest BCUT2D eigenvalue weighted by Gasteiger charge is -2.22. The van der Waals surface area contributed by atoms with Crippen LogP contribution in [-0.4, -0.2) is 49.9 Å². The Bertz CT molecular complexity index is 1390. The van der Waals surface area contributed by atoms with E-state index in [4.69, 9.17) is 0 Å². The second-order valence-electron chi connectivity index (χ2n) is 7.87. The number of carbonyl (C=O) groups is 3. The highest BCUT2D eigenvalue weighted by atomic mass is 16.2. The SMILES string of the molecule is CC1(c2ccc3ccccc3c2)NC(=O)N(CC(=O)Nc2cccc(-c3nn[nH]n3)c2)C1=O. The summed E-state index contributed by atoms with van der Waals surface area (Å²) in [5.41, 5.74) is 0.516. The van der Waals surface area contributed by atoms with Gasteiger partial charge in [0.2, 0.25) is 11.7 Å². The molecule has 1 aromatic heterocycles. The van der Waals surface area contributed by atoms with Crippen LogP contribution < -0.4 is 10.6 Å². The van der Waals surface area contributed by atoms with Crippen molar-refractivity contribution >= 4 is 34.3 Å². The van der Waals surface area contributed by atoms with Gasteiger partial charge in [0.25, 0.3) is 5.91 Å². The summed E-state index contributed by atoms with van der Waals surface area (Å²) in [6, 6.07) is 19.6. The number of imide groups is 1. The standard InChI is InChI=1S/C23H19N7O3/c1-23(17-10-9-14-5-2-3-6-15(14)11-17)21(32)30(22(33)25-23)13-19(31)24-18-8-4-7-16(12-18)20-26-28-29-27-20/h2-12H,13H2,1H3,(H,24,31)(H,25,33)(H,26,27,28,29). The maximum atomic E-state index is 13.2. The highest BCUT2D eigenvalue weighted by Crippen LogP contribution is 2.31. The van der Waals surface area contributed by atoms with Crippen molar-refractivity contribution in [1.29, 1.82) is 0 Å². The Morgan fingerprint density at radius 2 is 1.85 bits per heavy atom. The lowest BCUT2D eigenvalue weighted by atomic mass is 9.90. The summed E-state index contributed by atoms with van der Waals surface area (Å²) >= 11 is 0. The second-order valence-corrected chi connectivity index (χ2v) is 7.87. The monoisotopic (exact) mass is 441 g/mol. The van der Waals surface area contributed by atoms with Gasteiger partial charge in [0.05, 0.1) is 0 Å². The van der Waals surface area contributed by atoms with Crippen LogP contribution in [0.2, 0.25) is 0 Å². The predicted octanol–water partition coefficient (Wildman–Crippen LogP) is 2.43. The molecule has 0 spiro atoms. The molecule has 1 atom stereocenters. The van der Waals surface area contributed by atoms with E-state index in [2.05, 4.69) is 31.3 Å². The summed E-state index contributed by atoms with van der Waals surface area (Å²) in [5, 5.41) is 21.1. The Balaban J connectivity index is 1.33. The molecule has 2 heterocycles. The minimum absolute atomic E-state index is 0.381. The number of anilines is 1. The number of benzene rings is 3. The number of nitrogens with zero attached hydrogens (tertiary/aromatic N) is 4. The molecule has 3 aromatic carbocycles. The first kappa shape index (κ1) is 20.3. The van der Waals surface area contributed by atoms with Gasteiger partial charge in [-0.05, 0) is 46.7 Å². The highest BCUT2D eigenvalue weighted by Gasteiger charge is 2.49. The molecule has 4 aromatic rings. The number of H-pyrrole nitrogens is 1. The van der Waals surface area contributed by atoms with E-state index in [9.17, 15) is 14.4 Å². The Morgan fingerprint density at radius 3 is 2.64 bits per heavy atom. The zero-order valence-corrected chi connectivity index (χ0v) is 17.6. The van der Waals surface area contributed by atoms with E-state index in [1.165, 1.54) is 0 Å². The molecule has 1 unspecified atom stereocenters. The summed E-state index contributed by atoms with van der Waals surface area (Å²) in [6.45, 7) is 1.23. The fourth-order valence-electron chi connectivity index (χ4n) is 3.90. The molecule has 33 heavy (non-hydrogen) atoms. The van der Waals surface area contributed by atoms with Crippen LogP contribution in [0.4, 0.5) is 10.5 Å². The van der Waals surface area contributed by atoms with E-state index in [0.29, 0.717) is 22.6 Å². The first-order valence-corrected chi connectivity index (χ1v) is 10.2. The van der Waals surface area contributed by atoms with Crippen LogP contribution in [-0.2, 0) is 15.1 Å². The topological polar surface area (TPSA) is 133 Å². The van der Waals surface area contributed by atoms with Crippen LogP contribution in [0.3, 0.4) is 0 Å². The predicted molar refractivity (Wildman–Crippen MR) is 120 cm³/mol. The minimum atomic E-state index is -1.26. The summed E-state index contributed by atoms with van der Waals surface area (Å²) in [7, 11) is 0. The third kappa shape index (κ3) is 3.67. The smallest absolute Gasteiger partial charge is 0.325 e. The first-order chi connectivity index (χ1) is 15.9. The van der Waals surface area contributed by atoms with Crippen molar-refractivity contribution in [3.63, 3.8) is 0 Å². The van der Waals surface area contributed by atoms with Crippen molar-refractivity contribution in [3.05, 3.63) is 72.3 Å². The largest absolute Gasteiger partial charge is 0.325 e. The lowest BCUT2D eigenvalue weighted by Crippen LogP contribution is -2.42. The summed E-state index contributed by atoms with van der Waals surface area (Å²) in [5.74, 6) is -0.614. The third-order valence-corrected chi connectivity index (χ3v) is 5.65. The summed E-state index contributed by atoms with van der Waals surface area (Å²) in [4.78, 5) is 39.4. The number of hydrogen-bond acceptors (Lipinski definition) is 6. The van der Waals surface area contributed by atoms with Gasteiger partial charge >= 0.3 is 6.03 Å². The minimum Gasteiger partial charge on any atom is -0.325 e. The van der Waals surface area contributed by atoms with Crippen molar-refractivity contribution in [3.8, 4) is 11.4 Å². The third-order valence-electron chi connectivity index (χ3n) is 5.65. The van der Waals surface area contributed by atoms with Crippen LogP contribution >= 0.6 is 0 Å². The molecule has 164 valence electrons. The van der Waals surface area contributed by atoms with Gasteiger partial charge in [0.15, 0.2) is 0 Å². The maximum Gasteiger partial charge on any atom is 0.325 e. The zero-order valence-electron chi connectivity index (χ0n) is 17.6. The maximum absolute atomic E-state index is 13.2. The second kappa shape index (κ2) is 7.83. The average Bonchev–Trinajstić information content (AvgIpc) is 3.43. The molecule has 3 N–H and O–H groups in total. The van der Waals surface area contributed by atoms with E-state index in [1.54, 1.807) is 31.2 Å². The number of carbonyl (C=O) groups excluding carboxylic acids is 3. The average molecular weight is 441 g/mol. The van der Waals surface area contributed by atoms with Crippen molar-refractivity contribution in [2.45, 2.75) is 12.5 Å². The molecule has 0 aliphatic carbocycles. The number of hydrogen-bond donors (Lipinski definition) is 3. The number of nitrogens with one attached hydrogen (secondary N) is 3. The quantitative estimate of drug-likeness (QED) is 0.408. The van der Waals surface area contributed by atoms with Crippen LogP contribution in [0.15, 0.2) is 66.7 Å². The highest BCUT2D eigenvalue weighted by molar-refractivity contribution is 6.10. The van der Waals surface area contributed by atoms with E-state index in [0.717, 1.165) is 15.7 Å². The number of tetrazole rings is 1. The van der Waals surface area contributed by atoms with Gasteiger partial charge in [-0.15, -0.1) is 10.2 Å². The number of aromatic amines is 1. The van der Waals surface area contributed by atoms with E-state index in [-0.39, 0.29) is 0 Å². The van der Waals surface area contributed by atoms with E-state index in [1.807, 2.05) is 42.5 Å². The summed E-state index contributed by atoms with van der Waals surface area (Å²) < 4.78 is 0. The van der Waals surface area contributed by atoms with Gasteiger partial charge in [-0.2, -0.15) is 5.21 Å². The number of rotatable bonds is 5. The molecule has 4 amide bonds.